The van der Waals surface area contributed by atoms with Gasteiger partial charge in [0.15, 0.2) is 0 Å². The summed E-state index contributed by atoms with van der Waals surface area (Å²) >= 11 is 0. The van der Waals surface area contributed by atoms with Crippen molar-refractivity contribution in [2.45, 2.75) is 47.5 Å². The first-order valence-corrected chi connectivity index (χ1v) is 14.4. The summed E-state index contributed by atoms with van der Waals surface area (Å²) in [4.78, 5) is 44.8. The van der Waals surface area contributed by atoms with Crippen molar-refractivity contribution in [3.05, 3.63) is 101 Å². The zero-order valence-corrected chi connectivity index (χ0v) is 27.6. The molecule has 0 saturated carbocycles. The number of aromatic nitrogens is 4. The minimum Gasteiger partial charge on any atom is -0.660 e. The number of aliphatic carboxylic acids is 1. The number of fused-ring (bicyclic) bond motifs is 8. The van der Waals surface area contributed by atoms with E-state index >= 15 is 0 Å². The number of esters is 1. The Morgan fingerprint density at radius 1 is 0.956 bits per heavy atom. The molecule has 9 nitrogen and oxygen atoms in total. The number of ether oxygens (including phenoxy) is 1. The summed E-state index contributed by atoms with van der Waals surface area (Å²) in [5.74, 6) is -3.14. The minimum atomic E-state index is -1.17. The second-order valence-electron chi connectivity index (χ2n) is 11.2. The number of carbonyl (C=O) groups excluding carboxylic acids is 1. The smallest absolute Gasteiger partial charge is 0.660 e. The van der Waals surface area contributed by atoms with Crippen molar-refractivity contribution in [1.29, 1.82) is 0 Å². The number of carboxylic acid groups (broad SMARTS) is 1. The molecule has 0 unspecified atom stereocenters. The van der Waals surface area contributed by atoms with Crippen LogP contribution in [-0.2, 0) is 27.2 Å². The first-order valence-electron chi connectivity index (χ1n) is 14.4. The van der Waals surface area contributed by atoms with Crippen LogP contribution in [0.3, 0.4) is 0 Å². The van der Waals surface area contributed by atoms with Gasteiger partial charge in [-0.2, -0.15) is 11.4 Å². The normalized spacial score (nSPS) is 16.6. The molecule has 0 aromatic carbocycles. The molecule has 1 atom stereocenters. The molecule has 4 aromatic heterocycles. The summed E-state index contributed by atoms with van der Waals surface area (Å²) in [5.41, 5.74) is 9.51. The molecule has 5 heterocycles. The van der Waals surface area contributed by atoms with Crippen LogP contribution in [0, 0.1) is 33.6 Å². The van der Waals surface area contributed by atoms with E-state index < -0.39 is 17.9 Å². The van der Waals surface area contributed by atoms with Crippen LogP contribution < -0.4 is 41.2 Å². The van der Waals surface area contributed by atoms with E-state index in [-0.39, 0.29) is 28.8 Å². The van der Waals surface area contributed by atoms with Gasteiger partial charge in [0.25, 0.3) is 0 Å². The number of carboxylic acids is 1. The molecule has 45 heavy (non-hydrogen) atoms. The van der Waals surface area contributed by atoms with Crippen LogP contribution in [0.2, 0.25) is 0 Å². The third kappa shape index (κ3) is 4.92. The molecule has 1 aliphatic heterocycles. The zero-order chi connectivity index (χ0) is 31.6. The van der Waals surface area contributed by atoms with Crippen molar-refractivity contribution in [1.82, 2.24) is 19.9 Å². The van der Waals surface area contributed by atoms with Crippen molar-refractivity contribution in [3.63, 3.8) is 0 Å². The first kappa shape index (κ1) is 32.0. The van der Waals surface area contributed by atoms with Gasteiger partial charge in [-0.3, -0.25) is 4.79 Å². The van der Waals surface area contributed by atoms with Crippen LogP contribution in [0.5, 0.6) is 0 Å². The number of carbonyl (C=O) groups is 2. The molecule has 6 rings (SSSR count). The van der Waals surface area contributed by atoms with Gasteiger partial charge in [0, 0.05) is 11.3 Å². The third-order valence-corrected chi connectivity index (χ3v) is 8.92. The van der Waals surface area contributed by atoms with Gasteiger partial charge in [-0.15, -0.1) is 33.1 Å². The average molecular weight is 613 g/mol. The number of hydrogen-bond donors (Lipinski definition) is 2. The Morgan fingerprint density at radius 3 is 2.27 bits per heavy atom. The number of aliphatic hydroxyl groups is 1. The van der Waals surface area contributed by atoms with Gasteiger partial charge in [0.1, 0.15) is 11.7 Å². The van der Waals surface area contributed by atoms with Crippen LogP contribution in [0.15, 0.2) is 12.7 Å². The number of rotatable bonds is 5. The molecule has 1 aliphatic carbocycles. The van der Waals surface area contributed by atoms with Crippen molar-refractivity contribution < 1.29 is 24.5 Å². The Kier molecular flexibility index (Phi) is 8.41. The van der Waals surface area contributed by atoms with Crippen LogP contribution in [0.4, 0.5) is 0 Å². The standard InChI is InChI=1S/C35H32N4O5.Mg/c1-8-19-15(3)22-12-24-17(5)21(10-11-28(40)41)32(38-24)30-31(35(43)44-7)34(42)29-18(6)25(39-33(29)30)14-27-20(9-2)16(4)23(37-27)13-26(19)36-22;/h8,10-11,13-14,31,42H,1,9,12H2,2-7H3,(H,40,41);/q-4;+2/b11-10+,23-13-,27-14-;/t31-;/m1./s1. The molecule has 10 heteroatoms. The van der Waals surface area contributed by atoms with E-state index in [0.717, 1.165) is 62.4 Å². The van der Waals surface area contributed by atoms with E-state index in [0.29, 0.717) is 50.8 Å². The van der Waals surface area contributed by atoms with Crippen molar-refractivity contribution in [2.24, 2.45) is 5.92 Å². The number of aliphatic hydroxyl groups excluding tert-OH is 1. The van der Waals surface area contributed by atoms with Gasteiger partial charge in [-0.05, 0) is 57.7 Å². The first-order chi connectivity index (χ1) is 21.0. The number of nitrogens with zero attached hydrogens (tertiary/aromatic N) is 4. The van der Waals surface area contributed by atoms with E-state index in [2.05, 4.69) is 20.4 Å². The largest absolute Gasteiger partial charge is 2.00 e. The van der Waals surface area contributed by atoms with Crippen LogP contribution in [0.25, 0.3) is 35.6 Å². The SMILES string of the molecule is C=Cc1c2[n-]c(c1C)Cc1[n-]c(c(/C=C/C(=O)O)c1C)C1=c3[n-]c(c(C)c3=C(O)[C@@H]1C(=O)OC)/C=c1\[n-]/c(c(C)c1CC)=C\2.[Mg+2]. The van der Waals surface area contributed by atoms with E-state index in [4.69, 9.17) is 24.7 Å². The van der Waals surface area contributed by atoms with Crippen molar-refractivity contribution in [2.75, 3.05) is 7.11 Å². The summed E-state index contributed by atoms with van der Waals surface area (Å²) in [5, 5.41) is 23.5. The third-order valence-electron chi connectivity index (χ3n) is 8.92. The van der Waals surface area contributed by atoms with Gasteiger partial charge in [-0.1, -0.05) is 65.1 Å². The molecule has 0 saturated heterocycles. The molecular formula is C35H32MgN4O5-2. The molecule has 226 valence electrons. The quantitative estimate of drug-likeness (QED) is 0.191. The Bertz CT molecular complexity index is 2200. The Morgan fingerprint density at radius 2 is 1.62 bits per heavy atom. The maximum atomic E-state index is 13.2. The van der Waals surface area contributed by atoms with Gasteiger partial charge < -0.3 is 34.9 Å². The number of hydrogen-bond acceptors (Lipinski definition) is 4. The Hall–Kier alpha value is -4.41. The van der Waals surface area contributed by atoms with Gasteiger partial charge in [-0.25, -0.2) is 4.79 Å². The van der Waals surface area contributed by atoms with E-state index in [1.54, 1.807) is 6.08 Å². The fraction of sp³-hybridized carbons (Fsp3) is 0.257. The summed E-state index contributed by atoms with van der Waals surface area (Å²) in [6.07, 6.45) is 9.31. The predicted octanol–water partition coefficient (Wildman–Crippen LogP) is 0.901. The molecule has 2 aliphatic rings. The predicted molar refractivity (Wildman–Crippen MR) is 172 cm³/mol. The topological polar surface area (TPSA) is 140 Å². The second kappa shape index (κ2) is 11.8. The molecule has 0 radical (unpaired) electrons. The zero-order valence-electron chi connectivity index (χ0n) is 26.2. The summed E-state index contributed by atoms with van der Waals surface area (Å²) < 4.78 is 5.13. The fourth-order valence-corrected chi connectivity index (χ4v) is 6.51. The van der Waals surface area contributed by atoms with Crippen LogP contribution >= 0.6 is 0 Å². The Balaban J connectivity index is 0.00000400. The Labute approximate surface area is 276 Å². The molecule has 0 amide bonds. The molecular weight excluding hydrogens is 581 g/mol. The van der Waals surface area contributed by atoms with Crippen LogP contribution in [0.1, 0.15) is 74.3 Å². The second-order valence-corrected chi connectivity index (χ2v) is 11.2. The summed E-state index contributed by atoms with van der Waals surface area (Å²) in [7, 11) is 1.26. The monoisotopic (exact) mass is 612 g/mol. The fourth-order valence-electron chi connectivity index (χ4n) is 6.51. The molecule has 4 aromatic rings. The summed E-state index contributed by atoms with van der Waals surface area (Å²) in [6, 6.07) is 0. The maximum absolute atomic E-state index is 13.2. The van der Waals surface area contributed by atoms with E-state index in [1.165, 1.54) is 13.2 Å². The number of methoxy groups -OCH3 is 1. The van der Waals surface area contributed by atoms with Gasteiger partial charge in [0.2, 0.25) is 0 Å². The molecule has 8 bridgehead atoms. The minimum absolute atomic E-state index is 0. The maximum Gasteiger partial charge on any atom is 2.00 e. The van der Waals surface area contributed by atoms with Crippen molar-refractivity contribution in [3.8, 4) is 0 Å². The summed E-state index contributed by atoms with van der Waals surface area (Å²) in [6.45, 7) is 13.9. The van der Waals surface area contributed by atoms with Gasteiger partial charge in [0.05, 0.1) is 7.11 Å². The van der Waals surface area contributed by atoms with E-state index in [1.807, 2.05) is 32.9 Å². The molecule has 2 N–H and O–H groups in total. The molecule has 0 fully saturated rings. The average Bonchev–Trinajstić information content (AvgIpc) is 3.72. The molecule has 0 spiro atoms. The van der Waals surface area contributed by atoms with Gasteiger partial charge >= 0.3 is 35.0 Å². The van der Waals surface area contributed by atoms with E-state index in [9.17, 15) is 19.8 Å². The van der Waals surface area contributed by atoms with Crippen molar-refractivity contribution >= 4 is 70.6 Å². The van der Waals surface area contributed by atoms with Crippen LogP contribution in [-0.4, -0.2) is 52.3 Å².